The van der Waals surface area contributed by atoms with E-state index in [1.807, 2.05) is 42.5 Å². The number of halogens is 2. The SMILES string of the molecule is OCC(Cc1ccc(Cl)cc1)c1cccc(Br)c1. The summed E-state index contributed by atoms with van der Waals surface area (Å²) in [5.41, 5.74) is 2.32. The maximum atomic E-state index is 9.54. The second-order valence-corrected chi connectivity index (χ2v) is 5.62. The van der Waals surface area contributed by atoms with E-state index in [0.29, 0.717) is 0 Å². The molecule has 0 fully saturated rings. The average Bonchev–Trinajstić information content (AvgIpc) is 2.38. The summed E-state index contributed by atoms with van der Waals surface area (Å²) in [7, 11) is 0. The Balaban J connectivity index is 2.17. The Kier molecular flexibility index (Phi) is 4.81. The van der Waals surface area contributed by atoms with Gasteiger partial charge in [-0.25, -0.2) is 0 Å². The van der Waals surface area contributed by atoms with Crippen molar-refractivity contribution >= 4 is 27.5 Å². The number of rotatable bonds is 4. The first-order chi connectivity index (χ1) is 8.69. The molecule has 0 spiro atoms. The van der Waals surface area contributed by atoms with Gasteiger partial charge in [0.1, 0.15) is 0 Å². The van der Waals surface area contributed by atoms with Gasteiger partial charge in [0, 0.05) is 15.4 Å². The molecule has 1 unspecified atom stereocenters. The van der Waals surface area contributed by atoms with Gasteiger partial charge in [-0.05, 0) is 41.8 Å². The first-order valence-corrected chi connectivity index (χ1v) is 6.97. The van der Waals surface area contributed by atoms with Crippen molar-refractivity contribution in [2.45, 2.75) is 12.3 Å². The zero-order valence-corrected chi connectivity index (χ0v) is 12.2. The standard InChI is InChI=1S/C15H14BrClO/c16-14-3-1-2-12(9-14)13(10-18)8-11-4-6-15(17)7-5-11/h1-7,9,13,18H,8,10H2. The third-order valence-corrected chi connectivity index (χ3v) is 3.68. The van der Waals surface area contributed by atoms with Crippen LogP contribution in [0.5, 0.6) is 0 Å². The van der Waals surface area contributed by atoms with Gasteiger partial charge < -0.3 is 5.11 Å². The predicted molar refractivity (Wildman–Crippen MR) is 79.1 cm³/mol. The van der Waals surface area contributed by atoms with E-state index in [4.69, 9.17) is 11.6 Å². The molecule has 2 aromatic rings. The van der Waals surface area contributed by atoms with Crippen LogP contribution in [0.3, 0.4) is 0 Å². The van der Waals surface area contributed by atoms with Crippen LogP contribution in [0.25, 0.3) is 0 Å². The summed E-state index contributed by atoms with van der Waals surface area (Å²) in [6.45, 7) is 0.138. The van der Waals surface area contributed by atoms with Crippen LogP contribution in [0.15, 0.2) is 53.0 Å². The van der Waals surface area contributed by atoms with E-state index < -0.39 is 0 Å². The van der Waals surface area contributed by atoms with Crippen LogP contribution in [-0.4, -0.2) is 11.7 Å². The summed E-state index contributed by atoms with van der Waals surface area (Å²) in [6, 6.07) is 15.8. The Labute approximate surface area is 121 Å². The smallest absolute Gasteiger partial charge is 0.0502 e. The largest absolute Gasteiger partial charge is 0.396 e. The van der Waals surface area contributed by atoms with Gasteiger partial charge in [-0.2, -0.15) is 0 Å². The zero-order chi connectivity index (χ0) is 13.0. The minimum atomic E-state index is 0.115. The Bertz CT molecular complexity index is 510. The Morgan fingerprint density at radius 3 is 2.44 bits per heavy atom. The highest BCUT2D eigenvalue weighted by Gasteiger charge is 2.11. The first kappa shape index (κ1) is 13.6. The molecule has 1 atom stereocenters. The van der Waals surface area contributed by atoms with Gasteiger partial charge in [0.25, 0.3) is 0 Å². The molecule has 0 heterocycles. The molecule has 18 heavy (non-hydrogen) atoms. The molecule has 0 radical (unpaired) electrons. The maximum absolute atomic E-state index is 9.54. The van der Waals surface area contributed by atoms with Gasteiger partial charge >= 0.3 is 0 Å². The highest BCUT2D eigenvalue weighted by molar-refractivity contribution is 9.10. The van der Waals surface area contributed by atoms with Crippen molar-refractivity contribution in [3.05, 3.63) is 69.2 Å². The van der Waals surface area contributed by atoms with Crippen molar-refractivity contribution in [1.82, 2.24) is 0 Å². The summed E-state index contributed by atoms with van der Waals surface area (Å²) in [5.74, 6) is 0.115. The molecule has 1 nitrogen and oxygen atoms in total. The molecular formula is C15H14BrClO. The number of hydrogen-bond acceptors (Lipinski definition) is 1. The summed E-state index contributed by atoms with van der Waals surface area (Å²) in [5, 5.41) is 10.3. The van der Waals surface area contributed by atoms with Crippen LogP contribution in [-0.2, 0) is 6.42 Å². The van der Waals surface area contributed by atoms with Crippen molar-refractivity contribution in [3.63, 3.8) is 0 Å². The molecule has 3 heteroatoms. The molecule has 0 aromatic heterocycles. The average molecular weight is 326 g/mol. The Morgan fingerprint density at radius 1 is 1.11 bits per heavy atom. The fourth-order valence-electron chi connectivity index (χ4n) is 1.95. The highest BCUT2D eigenvalue weighted by Crippen LogP contribution is 2.24. The minimum Gasteiger partial charge on any atom is -0.396 e. The second kappa shape index (κ2) is 6.37. The number of benzene rings is 2. The number of hydrogen-bond donors (Lipinski definition) is 1. The lowest BCUT2D eigenvalue weighted by molar-refractivity contribution is 0.264. The van der Waals surface area contributed by atoms with E-state index in [1.165, 1.54) is 5.56 Å². The van der Waals surface area contributed by atoms with E-state index in [9.17, 15) is 5.11 Å². The number of aliphatic hydroxyl groups is 1. The topological polar surface area (TPSA) is 20.2 Å². The number of aliphatic hydroxyl groups excluding tert-OH is 1. The molecule has 0 aliphatic heterocycles. The molecular weight excluding hydrogens is 312 g/mol. The third kappa shape index (κ3) is 3.58. The summed E-state index contributed by atoms with van der Waals surface area (Å²) in [6.07, 6.45) is 0.810. The van der Waals surface area contributed by atoms with E-state index in [0.717, 1.165) is 21.5 Å². The second-order valence-electron chi connectivity index (χ2n) is 4.27. The fourth-order valence-corrected chi connectivity index (χ4v) is 2.50. The van der Waals surface area contributed by atoms with Crippen molar-refractivity contribution in [3.8, 4) is 0 Å². The Hall–Kier alpha value is -0.830. The Morgan fingerprint density at radius 2 is 1.83 bits per heavy atom. The highest BCUT2D eigenvalue weighted by atomic mass is 79.9. The van der Waals surface area contributed by atoms with Crippen LogP contribution < -0.4 is 0 Å². The van der Waals surface area contributed by atoms with Crippen LogP contribution >= 0.6 is 27.5 Å². The van der Waals surface area contributed by atoms with Crippen LogP contribution in [0.4, 0.5) is 0 Å². The molecule has 94 valence electrons. The molecule has 2 aromatic carbocycles. The van der Waals surface area contributed by atoms with Gasteiger partial charge in [-0.15, -0.1) is 0 Å². The first-order valence-electron chi connectivity index (χ1n) is 5.80. The summed E-state index contributed by atoms with van der Waals surface area (Å²) in [4.78, 5) is 0. The van der Waals surface area contributed by atoms with Gasteiger partial charge in [0.05, 0.1) is 6.61 Å². The van der Waals surface area contributed by atoms with Gasteiger partial charge in [-0.3, -0.25) is 0 Å². The van der Waals surface area contributed by atoms with E-state index in [2.05, 4.69) is 22.0 Å². The molecule has 0 aliphatic rings. The van der Waals surface area contributed by atoms with Crippen molar-refractivity contribution in [2.24, 2.45) is 0 Å². The van der Waals surface area contributed by atoms with Gasteiger partial charge in [0.2, 0.25) is 0 Å². The molecule has 0 amide bonds. The quantitative estimate of drug-likeness (QED) is 0.882. The summed E-state index contributed by atoms with van der Waals surface area (Å²) < 4.78 is 1.04. The molecule has 0 bridgehead atoms. The van der Waals surface area contributed by atoms with Crippen molar-refractivity contribution in [1.29, 1.82) is 0 Å². The van der Waals surface area contributed by atoms with Crippen LogP contribution in [0.2, 0.25) is 5.02 Å². The fraction of sp³-hybridized carbons (Fsp3) is 0.200. The van der Waals surface area contributed by atoms with Crippen LogP contribution in [0.1, 0.15) is 17.0 Å². The lowest BCUT2D eigenvalue weighted by atomic mass is 9.93. The van der Waals surface area contributed by atoms with E-state index in [1.54, 1.807) is 0 Å². The van der Waals surface area contributed by atoms with Crippen molar-refractivity contribution in [2.75, 3.05) is 6.61 Å². The summed E-state index contributed by atoms with van der Waals surface area (Å²) >= 11 is 9.32. The molecule has 0 aliphatic carbocycles. The lowest BCUT2D eigenvalue weighted by Crippen LogP contribution is -2.07. The third-order valence-electron chi connectivity index (χ3n) is 2.94. The van der Waals surface area contributed by atoms with Crippen LogP contribution in [0, 0.1) is 0 Å². The lowest BCUT2D eigenvalue weighted by Gasteiger charge is -2.15. The predicted octanol–water partition coefficient (Wildman–Crippen LogP) is 4.42. The van der Waals surface area contributed by atoms with Gasteiger partial charge in [0.15, 0.2) is 0 Å². The monoisotopic (exact) mass is 324 g/mol. The molecule has 0 saturated carbocycles. The molecule has 2 rings (SSSR count). The zero-order valence-electron chi connectivity index (χ0n) is 9.81. The van der Waals surface area contributed by atoms with Crippen molar-refractivity contribution < 1.29 is 5.11 Å². The molecule has 1 N–H and O–H groups in total. The molecule has 0 saturated heterocycles. The van der Waals surface area contributed by atoms with Gasteiger partial charge in [-0.1, -0.05) is 51.8 Å². The normalized spacial score (nSPS) is 12.4. The minimum absolute atomic E-state index is 0.115. The van der Waals surface area contributed by atoms with E-state index >= 15 is 0 Å². The van der Waals surface area contributed by atoms with E-state index in [-0.39, 0.29) is 12.5 Å². The maximum Gasteiger partial charge on any atom is 0.0502 e.